The Bertz CT molecular complexity index is 717. The van der Waals surface area contributed by atoms with Crippen LogP contribution in [0.3, 0.4) is 0 Å². The van der Waals surface area contributed by atoms with Crippen LogP contribution in [0.2, 0.25) is 0 Å². The zero-order valence-electron chi connectivity index (χ0n) is 16.3. The van der Waals surface area contributed by atoms with Crippen molar-refractivity contribution in [3.05, 3.63) is 59.7 Å². The maximum Gasteiger partial charge on any atom is 0.260 e. The van der Waals surface area contributed by atoms with Crippen LogP contribution in [0.15, 0.2) is 48.5 Å². The first kappa shape index (κ1) is 19.8. The molecule has 0 aromatic heterocycles. The van der Waals surface area contributed by atoms with E-state index in [9.17, 15) is 4.79 Å². The highest BCUT2D eigenvalue weighted by Gasteiger charge is 2.15. The Morgan fingerprint density at radius 3 is 2.35 bits per heavy atom. The number of hydrogen-bond acceptors (Lipinski definition) is 3. The van der Waals surface area contributed by atoms with Gasteiger partial charge in [0.15, 0.2) is 6.10 Å². The zero-order chi connectivity index (χ0) is 19.2. The number of carbonyl (C=O) groups excluding carboxylic acids is 1. The summed E-state index contributed by atoms with van der Waals surface area (Å²) in [5.41, 5.74) is 2.40. The first-order valence-corrected chi connectivity index (χ1v) is 9.01. The number of benzene rings is 2. The minimum atomic E-state index is -0.554. The predicted molar refractivity (Wildman–Crippen MR) is 105 cm³/mol. The highest BCUT2D eigenvalue weighted by atomic mass is 16.5. The van der Waals surface area contributed by atoms with E-state index in [1.165, 1.54) is 5.56 Å². The Hall–Kier alpha value is -2.49. The van der Waals surface area contributed by atoms with Crippen molar-refractivity contribution in [2.75, 3.05) is 13.2 Å². The number of aryl methyl sites for hydroxylation is 1. The SMILES string of the molecule is Cc1ccccc1O[C@H](C)C(=O)NCCOc1ccc(C(C)(C)C)cc1. The first-order chi connectivity index (χ1) is 12.3. The Morgan fingerprint density at radius 1 is 1.08 bits per heavy atom. The van der Waals surface area contributed by atoms with Crippen molar-refractivity contribution in [1.82, 2.24) is 5.32 Å². The van der Waals surface area contributed by atoms with Crippen LogP contribution in [-0.2, 0) is 10.2 Å². The molecule has 26 heavy (non-hydrogen) atoms. The Balaban J connectivity index is 1.73. The van der Waals surface area contributed by atoms with Gasteiger partial charge in [-0.25, -0.2) is 0 Å². The zero-order valence-corrected chi connectivity index (χ0v) is 16.3. The third-order valence-electron chi connectivity index (χ3n) is 4.16. The molecule has 0 saturated carbocycles. The van der Waals surface area contributed by atoms with E-state index in [0.29, 0.717) is 13.2 Å². The van der Waals surface area contributed by atoms with Gasteiger partial charge in [-0.3, -0.25) is 4.79 Å². The third-order valence-corrected chi connectivity index (χ3v) is 4.16. The van der Waals surface area contributed by atoms with E-state index in [2.05, 4.69) is 38.2 Å². The number of ether oxygens (including phenoxy) is 2. The van der Waals surface area contributed by atoms with Crippen molar-refractivity contribution in [1.29, 1.82) is 0 Å². The topological polar surface area (TPSA) is 47.6 Å². The van der Waals surface area contributed by atoms with Crippen LogP contribution in [-0.4, -0.2) is 25.2 Å². The van der Waals surface area contributed by atoms with Gasteiger partial charge in [0.2, 0.25) is 0 Å². The Morgan fingerprint density at radius 2 is 1.73 bits per heavy atom. The summed E-state index contributed by atoms with van der Waals surface area (Å²) in [5, 5.41) is 2.84. The van der Waals surface area contributed by atoms with Crippen LogP contribution in [0, 0.1) is 6.92 Å². The number of carbonyl (C=O) groups is 1. The molecule has 0 fully saturated rings. The normalized spacial score (nSPS) is 12.3. The molecule has 4 heteroatoms. The van der Waals surface area contributed by atoms with Gasteiger partial charge < -0.3 is 14.8 Å². The smallest absolute Gasteiger partial charge is 0.260 e. The molecule has 1 N–H and O–H groups in total. The van der Waals surface area contributed by atoms with E-state index in [1.807, 2.05) is 43.3 Å². The van der Waals surface area contributed by atoms with Gasteiger partial charge >= 0.3 is 0 Å². The van der Waals surface area contributed by atoms with Crippen molar-refractivity contribution < 1.29 is 14.3 Å². The number of nitrogens with one attached hydrogen (secondary N) is 1. The van der Waals surface area contributed by atoms with Gasteiger partial charge in [0.05, 0.1) is 6.54 Å². The van der Waals surface area contributed by atoms with E-state index in [0.717, 1.165) is 17.1 Å². The largest absolute Gasteiger partial charge is 0.492 e. The second-order valence-electron chi connectivity index (χ2n) is 7.44. The lowest BCUT2D eigenvalue weighted by Gasteiger charge is -2.19. The third kappa shape index (κ3) is 5.80. The lowest BCUT2D eigenvalue weighted by molar-refractivity contribution is -0.127. The van der Waals surface area contributed by atoms with Crippen LogP contribution < -0.4 is 14.8 Å². The summed E-state index contributed by atoms with van der Waals surface area (Å²) >= 11 is 0. The molecule has 140 valence electrons. The van der Waals surface area contributed by atoms with Crippen molar-refractivity contribution in [2.24, 2.45) is 0 Å². The molecule has 0 heterocycles. The summed E-state index contributed by atoms with van der Waals surface area (Å²) in [6.07, 6.45) is -0.554. The molecule has 2 aromatic rings. The van der Waals surface area contributed by atoms with E-state index in [4.69, 9.17) is 9.47 Å². The summed E-state index contributed by atoms with van der Waals surface area (Å²) in [7, 11) is 0. The average molecular weight is 355 g/mol. The molecule has 0 spiro atoms. The maximum atomic E-state index is 12.1. The minimum Gasteiger partial charge on any atom is -0.492 e. The van der Waals surface area contributed by atoms with Crippen LogP contribution in [0.5, 0.6) is 11.5 Å². The first-order valence-electron chi connectivity index (χ1n) is 9.01. The number of para-hydroxylation sites is 1. The monoisotopic (exact) mass is 355 g/mol. The molecule has 0 aliphatic heterocycles. The molecule has 0 bridgehead atoms. The standard InChI is InChI=1S/C22H29NO3/c1-16-8-6-7-9-20(16)26-17(2)21(24)23-14-15-25-19-12-10-18(11-13-19)22(3,4)5/h6-13,17H,14-15H2,1-5H3,(H,23,24)/t17-/m1/s1. The molecular weight excluding hydrogens is 326 g/mol. The molecule has 0 unspecified atom stereocenters. The number of amides is 1. The summed E-state index contributed by atoms with van der Waals surface area (Å²) in [6, 6.07) is 15.7. The van der Waals surface area contributed by atoms with Crippen LogP contribution in [0.4, 0.5) is 0 Å². The Labute approximate surface area is 156 Å². The highest BCUT2D eigenvalue weighted by Crippen LogP contribution is 2.24. The summed E-state index contributed by atoms with van der Waals surface area (Å²) in [5.74, 6) is 1.38. The molecule has 0 saturated heterocycles. The second kappa shape index (κ2) is 8.75. The number of rotatable bonds is 7. The van der Waals surface area contributed by atoms with Gasteiger partial charge in [0.25, 0.3) is 5.91 Å². The number of hydrogen-bond donors (Lipinski definition) is 1. The van der Waals surface area contributed by atoms with E-state index in [1.54, 1.807) is 6.92 Å². The molecule has 1 atom stereocenters. The molecule has 0 radical (unpaired) electrons. The van der Waals surface area contributed by atoms with E-state index < -0.39 is 6.10 Å². The molecule has 2 aromatic carbocycles. The molecule has 0 aliphatic carbocycles. The fourth-order valence-electron chi connectivity index (χ4n) is 2.47. The molecule has 4 nitrogen and oxygen atoms in total. The van der Waals surface area contributed by atoms with Crippen molar-refractivity contribution in [2.45, 2.75) is 46.1 Å². The lowest BCUT2D eigenvalue weighted by atomic mass is 9.87. The predicted octanol–water partition coefficient (Wildman–Crippen LogP) is 4.26. The van der Waals surface area contributed by atoms with Crippen molar-refractivity contribution in [3.63, 3.8) is 0 Å². The molecular formula is C22H29NO3. The maximum absolute atomic E-state index is 12.1. The van der Waals surface area contributed by atoms with Gasteiger partial charge in [-0.05, 0) is 48.6 Å². The summed E-state index contributed by atoms with van der Waals surface area (Å²) in [4.78, 5) is 12.1. The van der Waals surface area contributed by atoms with Crippen molar-refractivity contribution in [3.8, 4) is 11.5 Å². The molecule has 1 amide bonds. The van der Waals surface area contributed by atoms with Crippen LogP contribution in [0.25, 0.3) is 0 Å². The van der Waals surface area contributed by atoms with Gasteiger partial charge in [0.1, 0.15) is 18.1 Å². The lowest BCUT2D eigenvalue weighted by Crippen LogP contribution is -2.38. The minimum absolute atomic E-state index is 0.125. The fourth-order valence-corrected chi connectivity index (χ4v) is 2.47. The molecule has 2 rings (SSSR count). The van der Waals surface area contributed by atoms with Crippen molar-refractivity contribution >= 4 is 5.91 Å². The highest BCUT2D eigenvalue weighted by molar-refractivity contribution is 5.80. The van der Waals surface area contributed by atoms with Gasteiger partial charge in [0, 0.05) is 0 Å². The second-order valence-corrected chi connectivity index (χ2v) is 7.44. The van der Waals surface area contributed by atoms with E-state index in [-0.39, 0.29) is 11.3 Å². The van der Waals surface area contributed by atoms with Gasteiger partial charge in [-0.1, -0.05) is 51.1 Å². The van der Waals surface area contributed by atoms with Gasteiger partial charge in [-0.15, -0.1) is 0 Å². The van der Waals surface area contributed by atoms with Gasteiger partial charge in [-0.2, -0.15) is 0 Å². The van der Waals surface area contributed by atoms with E-state index >= 15 is 0 Å². The fraction of sp³-hybridized carbons (Fsp3) is 0.409. The summed E-state index contributed by atoms with van der Waals surface area (Å²) < 4.78 is 11.4. The molecule has 0 aliphatic rings. The average Bonchev–Trinajstić information content (AvgIpc) is 2.60. The quantitative estimate of drug-likeness (QED) is 0.755. The Kier molecular flexibility index (Phi) is 6.67. The van der Waals surface area contributed by atoms with Crippen LogP contribution in [0.1, 0.15) is 38.8 Å². The van der Waals surface area contributed by atoms with Crippen LogP contribution >= 0.6 is 0 Å². The summed E-state index contributed by atoms with van der Waals surface area (Å²) in [6.45, 7) is 11.1.